The first-order valence-electron chi connectivity index (χ1n) is 7.95. The van der Waals surface area contributed by atoms with Crippen LogP contribution < -0.4 is 21.7 Å². The zero-order valence-corrected chi connectivity index (χ0v) is 15.8. The Morgan fingerprint density at radius 1 is 0.964 bits per heavy atom. The van der Waals surface area contributed by atoms with Crippen LogP contribution in [0.25, 0.3) is 0 Å². The molecule has 5 atom stereocenters. The minimum Gasteiger partial charge on any atom is -0.481 e. The summed E-state index contributed by atoms with van der Waals surface area (Å²) in [4.78, 5) is 58.1. The molecule has 0 heterocycles. The molecule has 0 aliphatic heterocycles. The van der Waals surface area contributed by atoms with Crippen molar-refractivity contribution in [2.75, 3.05) is 12.4 Å². The first-order chi connectivity index (χ1) is 12.9. The molecule has 14 heteroatoms. The van der Waals surface area contributed by atoms with E-state index in [-0.39, 0.29) is 5.75 Å². The largest absolute Gasteiger partial charge is 0.481 e. The molecule has 3 amide bonds. The van der Waals surface area contributed by atoms with E-state index in [9.17, 15) is 29.1 Å². The van der Waals surface area contributed by atoms with Crippen LogP contribution in [0.1, 0.15) is 13.3 Å². The molecule has 0 fully saturated rings. The van der Waals surface area contributed by atoms with Crippen molar-refractivity contribution < 1.29 is 44.4 Å². The second kappa shape index (κ2) is 12.1. The van der Waals surface area contributed by atoms with Crippen molar-refractivity contribution in [2.24, 2.45) is 5.73 Å². The van der Waals surface area contributed by atoms with Crippen LogP contribution in [0.5, 0.6) is 0 Å². The molecule has 0 aromatic heterocycles. The second-order valence-electron chi connectivity index (χ2n) is 5.76. The predicted octanol–water partition coefficient (Wildman–Crippen LogP) is -4.37. The molecule has 0 rings (SSSR count). The summed E-state index contributed by atoms with van der Waals surface area (Å²) in [5, 5.41) is 42.5. The van der Waals surface area contributed by atoms with Crippen molar-refractivity contribution in [1.82, 2.24) is 16.0 Å². The average molecular weight is 424 g/mol. The van der Waals surface area contributed by atoms with Crippen molar-refractivity contribution in [3.8, 4) is 0 Å². The fourth-order valence-corrected chi connectivity index (χ4v) is 2.10. The van der Waals surface area contributed by atoms with Gasteiger partial charge in [0.2, 0.25) is 17.7 Å². The highest BCUT2D eigenvalue weighted by molar-refractivity contribution is 7.80. The summed E-state index contributed by atoms with van der Waals surface area (Å²) in [5.74, 6) is -6.38. The molecule has 0 spiro atoms. The number of amides is 3. The summed E-state index contributed by atoms with van der Waals surface area (Å²) in [6, 6.07) is -6.12. The van der Waals surface area contributed by atoms with Gasteiger partial charge in [0, 0.05) is 5.75 Å². The van der Waals surface area contributed by atoms with Gasteiger partial charge >= 0.3 is 11.9 Å². The van der Waals surface area contributed by atoms with Gasteiger partial charge in [-0.05, 0) is 6.92 Å². The van der Waals surface area contributed by atoms with Crippen LogP contribution in [0.15, 0.2) is 0 Å². The Hall–Kier alpha value is -2.42. The van der Waals surface area contributed by atoms with Gasteiger partial charge in [-0.1, -0.05) is 0 Å². The molecule has 0 aromatic carbocycles. The minimum absolute atomic E-state index is 0.291. The lowest BCUT2D eigenvalue weighted by Gasteiger charge is -2.25. The summed E-state index contributed by atoms with van der Waals surface area (Å²) in [6.07, 6.45) is -2.36. The molecule has 160 valence electrons. The Labute approximate surface area is 165 Å². The lowest BCUT2D eigenvalue weighted by atomic mass is 10.1. The molecule has 28 heavy (non-hydrogen) atoms. The summed E-state index contributed by atoms with van der Waals surface area (Å²) < 4.78 is 0. The van der Waals surface area contributed by atoms with Gasteiger partial charge in [-0.3, -0.25) is 19.2 Å². The Balaban J connectivity index is 5.34. The van der Waals surface area contributed by atoms with Crippen LogP contribution in [0.3, 0.4) is 0 Å². The van der Waals surface area contributed by atoms with E-state index in [2.05, 4.69) is 17.9 Å². The number of hydrogen-bond acceptors (Lipinski definition) is 9. The van der Waals surface area contributed by atoms with E-state index in [0.717, 1.165) is 6.92 Å². The number of thiol groups is 1. The third kappa shape index (κ3) is 8.51. The van der Waals surface area contributed by atoms with Crippen molar-refractivity contribution in [1.29, 1.82) is 0 Å². The van der Waals surface area contributed by atoms with E-state index in [4.69, 9.17) is 21.1 Å². The fraction of sp³-hybridized carbons (Fsp3) is 0.643. The zero-order valence-electron chi connectivity index (χ0n) is 14.9. The first kappa shape index (κ1) is 25.6. The van der Waals surface area contributed by atoms with Crippen molar-refractivity contribution in [3.05, 3.63) is 0 Å². The fourth-order valence-electron chi connectivity index (χ4n) is 1.85. The van der Waals surface area contributed by atoms with Gasteiger partial charge in [0.05, 0.1) is 19.1 Å². The van der Waals surface area contributed by atoms with Crippen molar-refractivity contribution >= 4 is 42.3 Å². The Kier molecular flexibility index (Phi) is 11.1. The van der Waals surface area contributed by atoms with Crippen LogP contribution in [-0.2, 0) is 24.0 Å². The van der Waals surface area contributed by atoms with Gasteiger partial charge in [-0.25, -0.2) is 4.79 Å². The number of nitrogens with one attached hydrogen (secondary N) is 3. The van der Waals surface area contributed by atoms with Gasteiger partial charge < -0.3 is 42.1 Å². The number of aliphatic carboxylic acids is 2. The molecule has 13 nitrogen and oxygen atoms in total. The van der Waals surface area contributed by atoms with Crippen LogP contribution in [0.2, 0.25) is 0 Å². The van der Waals surface area contributed by atoms with Crippen LogP contribution >= 0.6 is 12.6 Å². The molecule has 5 unspecified atom stereocenters. The third-order valence-electron chi connectivity index (χ3n) is 3.40. The predicted molar refractivity (Wildman–Crippen MR) is 96.3 cm³/mol. The molecule has 0 aliphatic carbocycles. The van der Waals surface area contributed by atoms with Crippen LogP contribution in [-0.4, -0.2) is 92.7 Å². The highest BCUT2D eigenvalue weighted by Crippen LogP contribution is 2.01. The number of aliphatic hydroxyl groups excluding tert-OH is 2. The van der Waals surface area contributed by atoms with E-state index in [1.165, 1.54) is 0 Å². The van der Waals surface area contributed by atoms with Gasteiger partial charge in [0.25, 0.3) is 0 Å². The van der Waals surface area contributed by atoms with Gasteiger partial charge in [0.1, 0.15) is 24.2 Å². The molecule has 0 aromatic rings. The number of hydrogen-bond donors (Lipinski definition) is 9. The second-order valence-corrected chi connectivity index (χ2v) is 6.12. The summed E-state index contributed by atoms with van der Waals surface area (Å²) >= 11 is 3.75. The summed E-state index contributed by atoms with van der Waals surface area (Å²) in [6.45, 7) is 0.410. The van der Waals surface area contributed by atoms with E-state index in [1.807, 2.05) is 10.6 Å². The van der Waals surface area contributed by atoms with Crippen molar-refractivity contribution in [3.63, 3.8) is 0 Å². The van der Waals surface area contributed by atoms with Gasteiger partial charge in [0.15, 0.2) is 0 Å². The van der Waals surface area contributed by atoms with Crippen LogP contribution in [0, 0.1) is 0 Å². The number of nitrogens with two attached hydrogens (primary N) is 1. The molecular weight excluding hydrogens is 400 g/mol. The number of carboxylic acids is 2. The standard InChI is InChI=1S/C14H24N4O9S/c1-5(20)10(18-11(23)6(15)3-19)13(25)16-7(2-9(21)22)12(24)17-8(4-28)14(26)27/h5-8,10,19-20,28H,2-4,15H2,1H3,(H,16,25)(H,17,24)(H,18,23)(H,21,22)(H,26,27). The SMILES string of the molecule is CC(O)C(NC(=O)C(N)CO)C(=O)NC(CC(=O)O)C(=O)NC(CS)C(=O)O. The lowest BCUT2D eigenvalue weighted by Crippen LogP contribution is -2.60. The Morgan fingerprint density at radius 3 is 1.89 bits per heavy atom. The average Bonchev–Trinajstić information content (AvgIpc) is 2.61. The van der Waals surface area contributed by atoms with E-state index in [1.54, 1.807) is 0 Å². The molecule has 9 N–H and O–H groups in total. The molecular formula is C14H24N4O9S. The normalized spacial score (nSPS) is 16.0. The Bertz CT molecular complexity index is 601. The summed E-state index contributed by atoms with van der Waals surface area (Å²) in [7, 11) is 0. The highest BCUT2D eigenvalue weighted by Gasteiger charge is 2.33. The number of aliphatic hydroxyl groups is 2. The summed E-state index contributed by atoms with van der Waals surface area (Å²) in [5.41, 5.74) is 5.30. The highest BCUT2D eigenvalue weighted by atomic mass is 32.1. The third-order valence-corrected chi connectivity index (χ3v) is 3.77. The van der Waals surface area contributed by atoms with E-state index in [0.29, 0.717) is 0 Å². The maximum Gasteiger partial charge on any atom is 0.327 e. The molecule has 0 saturated heterocycles. The Morgan fingerprint density at radius 2 is 1.50 bits per heavy atom. The van der Waals surface area contributed by atoms with Crippen LogP contribution in [0.4, 0.5) is 0 Å². The number of carbonyl (C=O) groups excluding carboxylic acids is 3. The number of rotatable bonds is 12. The maximum atomic E-state index is 12.3. The zero-order chi connectivity index (χ0) is 22.0. The molecule has 0 radical (unpaired) electrons. The molecule has 0 aliphatic rings. The lowest BCUT2D eigenvalue weighted by molar-refractivity contribution is -0.143. The topological polar surface area (TPSA) is 228 Å². The quantitative estimate of drug-likeness (QED) is 0.137. The van der Waals surface area contributed by atoms with Gasteiger partial charge in [-0.2, -0.15) is 12.6 Å². The molecule has 0 bridgehead atoms. The van der Waals surface area contributed by atoms with Crippen molar-refractivity contribution in [2.45, 2.75) is 43.6 Å². The number of carbonyl (C=O) groups is 5. The maximum absolute atomic E-state index is 12.3. The van der Waals surface area contributed by atoms with E-state index < -0.39 is 73.0 Å². The van der Waals surface area contributed by atoms with E-state index >= 15 is 0 Å². The first-order valence-corrected chi connectivity index (χ1v) is 8.58. The van der Waals surface area contributed by atoms with Gasteiger partial charge in [-0.15, -0.1) is 0 Å². The number of carboxylic acid groups (broad SMARTS) is 2. The molecule has 0 saturated carbocycles. The monoisotopic (exact) mass is 424 g/mol. The smallest absolute Gasteiger partial charge is 0.327 e. The minimum atomic E-state index is -1.70.